The van der Waals surface area contributed by atoms with Crippen molar-refractivity contribution in [3.63, 3.8) is 0 Å². The summed E-state index contributed by atoms with van der Waals surface area (Å²) in [6.45, 7) is 2.77. The highest BCUT2D eigenvalue weighted by Gasteiger charge is 2.25. The van der Waals surface area contributed by atoms with Gasteiger partial charge < -0.3 is 14.6 Å². The van der Waals surface area contributed by atoms with Crippen molar-refractivity contribution in [1.29, 1.82) is 0 Å². The minimum atomic E-state index is -1.64. The topological polar surface area (TPSA) is 55.8 Å². The second kappa shape index (κ2) is 4.99. The van der Waals surface area contributed by atoms with Crippen molar-refractivity contribution in [3.05, 3.63) is 34.9 Å². The van der Waals surface area contributed by atoms with E-state index < -0.39 is 29.5 Å². The van der Waals surface area contributed by atoms with E-state index in [1.165, 1.54) is 0 Å². The van der Waals surface area contributed by atoms with Crippen LogP contribution in [-0.4, -0.2) is 24.3 Å². The molecule has 1 N–H and O–H groups in total. The maximum absolute atomic E-state index is 13.5. The normalized spacial score (nSPS) is 23.9. The number of carboxylic acid groups (broad SMARTS) is 1. The van der Waals surface area contributed by atoms with Gasteiger partial charge in [0.25, 0.3) is 0 Å². The van der Waals surface area contributed by atoms with Crippen LogP contribution in [0.2, 0.25) is 0 Å². The largest absolute Gasteiger partial charge is 0.477 e. The van der Waals surface area contributed by atoms with Crippen molar-refractivity contribution in [3.8, 4) is 0 Å². The Morgan fingerprint density at radius 1 is 1.28 bits per heavy atom. The fraction of sp³-hybridized carbons (Fsp3) is 0.417. The van der Waals surface area contributed by atoms with Gasteiger partial charge in [0.15, 0.2) is 6.29 Å². The summed E-state index contributed by atoms with van der Waals surface area (Å²) in [5, 5.41) is 8.64. The fourth-order valence-electron chi connectivity index (χ4n) is 1.73. The second-order valence-electron chi connectivity index (χ2n) is 4.27. The first kappa shape index (κ1) is 12.9. The first-order valence-electron chi connectivity index (χ1n) is 5.44. The number of rotatable bonds is 2. The molecular weight excluding hydrogens is 246 g/mol. The molecule has 1 aromatic rings. The summed E-state index contributed by atoms with van der Waals surface area (Å²) in [7, 11) is 0. The maximum atomic E-state index is 13.5. The molecule has 0 saturated carbocycles. The molecule has 0 spiro atoms. The lowest BCUT2D eigenvalue weighted by atomic mass is 10.1. The summed E-state index contributed by atoms with van der Waals surface area (Å²) < 4.78 is 37.5. The zero-order valence-corrected chi connectivity index (χ0v) is 9.65. The number of aromatic carboxylic acids is 1. The molecule has 1 heterocycles. The molecule has 0 bridgehead atoms. The number of halogens is 2. The first-order valence-corrected chi connectivity index (χ1v) is 5.44. The van der Waals surface area contributed by atoms with Crippen molar-refractivity contribution < 1.29 is 28.2 Å². The van der Waals surface area contributed by atoms with Crippen LogP contribution in [0.1, 0.15) is 29.1 Å². The van der Waals surface area contributed by atoms with E-state index >= 15 is 0 Å². The predicted octanol–water partition coefficient (Wildman–Crippen LogP) is 2.34. The zero-order chi connectivity index (χ0) is 13.3. The fourth-order valence-corrected chi connectivity index (χ4v) is 1.73. The number of carbonyl (C=O) groups is 1. The molecule has 1 aliphatic rings. The molecule has 1 fully saturated rings. The molecule has 0 radical (unpaired) electrons. The van der Waals surface area contributed by atoms with E-state index in [9.17, 15) is 13.6 Å². The molecule has 0 aromatic heterocycles. The van der Waals surface area contributed by atoms with E-state index in [1.54, 1.807) is 0 Å². The quantitative estimate of drug-likeness (QED) is 0.884. The molecule has 98 valence electrons. The van der Waals surface area contributed by atoms with Gasteiger partial charge in [0.2, 0.25) is 0 Å². The molecule has 0 unspecified atom stereocenters. The Morgan fingerprint density at radius 2 is 1.78 bits per heavy atom. The van der Waals surface area contributed by atoms with Gasteiger partial charge in [-0.15, -0.1) is 0 Å². The second-order valence-corrected chi connectivity index (χ2v) is 4.27. The van der Waals surface area contributed by atoms with E-state index in [4.69, 9.17) is 14.6 Å². The average Bonchev–Trinajstić information content (AvgIpc) is 2.28. The van der Waals surface area contributed by atoms with E-state index in [-0.39, 0.29) is 11.5 Å². The minimum Gasteiger partial charge on any atom is -0.477 e. The smallest absolute Gasteiger partial charge is 0.341 e. The van der Waals surface area contributed by atoms with Gasteiger partial charge in [-0.2, -0.15) is 0 Å². The summed E-state index contributed by atoms with van der Waals surface area (Å²) in [4.78, 5) is 10.6. The predicted molar refractivity (Wildman–Crippen MR) is 57.1 cm³/mol. The lowest BCUT2D eigenvalue weighted by Gasteiger charge is -2.27. The highest BCUT2D eigenvalue weighted by molar-refractivity contribution is 5.88. The summed E-state index contributed by atoms with van der Waals surface area (Å²) in [6.07, 6.45) is -0.854. The molecule has 1 saturated heterocycles. The van der Waals surface area contributed by atoms with Crippen LogP contribution in [0.5, 0.6) is 0 Å². The maximum Gasteiger partial charge on any atom is 0.341 e. The number of carboxylic acids is 1. The Kier molecular flexibility index (Phi) is 3.58. The average molecular weight is 258 g/mol. The van der Waals surface area contributed by atoms with Crippen molar-refractivity contribution in [2.75, 3.05) is 13.2 Å². The van der Waals surface area contributed by atoms with Crippen LogP contribution in [0.4, 0.5) is 8.78 Å². The van der Waals surface area contributed by atoms with Crippen molar-refractivity contribution >= 4 is 5.97 Å². The van der Waals surface area contributed by atoms with E-state index in [0.29, 0.717) is 13.2 Å². The lowest BCUT2D eigenvalue weighted by molar-refractivity contribution is -0.202. The van der Waals surface area contributed by atoms with Crippen LogP contribution < -0.4 is 0 Å². The SMILES string of the molecule is CC1COC(c2cc(F)c(C(=O)O)c(F)c2)OC1. The van der Waals surface area contributed by atoms with Crippen molar-refractivity contribution in [2.45, 2.75) is 13.2 Å². The first-order chi connectivity index (χ1) is 8.49. The van der Waals surface area contributed by atoms with Crippen LogP contribution in [-0.2, 0) is 9.47 Å². The Bertz CT molecular complexity index is 444. The molecule has 0 atom stereocenters. The third-order valence-electron chi connectivity index (χ3n) is 2.61. The van der Waals surface area contributed by atoms with Crippen LogP contribution >= 0.6 is 0 Å². The third-order valence-corrected chi connectivity index (χ3v) is 2.61. The van der Waals surface area contributed by atoms with Gasteiger partial charge in [0.1, 0.15) is 17.2 Å². The number of hydrogen-bond donors (Lipinski definition) is 1. The minimum absolute atomic E-state index is 0.141. The summed E-state index contributed by atoms with van der Waals surface area (Å²) in [6, 6.07) is 1.85. The highest BCUT2D eigenvalue weighted by Crippen LogP contribution is 2.27. The van der Waals surface area contributed by atoms with Crippen molar-refractivity contribution in [1.82, 2.24) is 0 Å². The molecule has 0 amide bonds. The van der Waals surface area contributed by atoms with Crippen LogP contribution in [0.3, 0.4) is 0 Å². The molecule has 4 nitrogen and oxygen atoms in total. The van der Waals surface area contributed by atoms with E-state index in [0.717, 1.165) is 12.1 Å². The van der Waals surface area contributed by atoms with Crippen molar-refractivity contribution in [2.24, 2.45) is 5.92 Å². The van der Waals surface area contributed by atoms with Gasteiger partial charge in [-0.25, -0.2) is 13.6 Å². The van der Waals surface area contributed by atoms with E-state index in [1.807, 2.05) is 6.92 Å². The molecule has 1 aliphatic heterocycles. The Morgan fingerprint density at radius 3 is 2.22 bits per heavy atom. The highest BCUT2D eigenvalue weighted by atomic mass is 19.1. The van der Waals surface area contributed by atoms with Gasteiger partial charge in [-0.05, 0) is 12.1 Å². The van der Waals surface area contributed by atoms with Gasteiger partial charge >= 0.3 is 5.97 Å². The van der Waals surface area contributed by atoms with Gasteiger partial charge in [0.05, 0.1) is 13.2 Å². The molecule has 6 heteroatoms. The summed E-state index contributed by atoms with van der Waals surface area (Å²) in [5.74, 6) is -3.70. The van der Waals surface area contributed by atoms with Crippen LogP contribution in [0.15, 0.2) is 12.1 Å². The number of ether oxygens (including phenoxy) is 2. The molecular formula is C12H12F2O4. The van der Waals surface area contributed by atoms with E-state index in [2.05, 4.69) is 0 Å². The van der Waals surface area contributed by atoms with Gasteiger partial charge in [-0.3, -0.25) is 0 Å². The lowest BCUT2D eigenvalue weighted by Crippen LogP contribution is -2.25. The van der Waals surface area contributed by atoms with Gasteiger partial charge in [0, 0.05) is 11.5 Å². The summed E-state index contributed by atoms with van der Waals surface area (Å²) in [5.41, 5.74) is -0.829. The monoisotopic (exact) mass is 258 g/mol. The number of benzene rings is 1. The van der Waals surface area contributed by atoms with Crippen LogP contribution in [0, 0.1) is 17.6 Å². The van der Waals surface area contributed by atoms with Gasteiger partial charge in [-0.1, -0.05) is 6.92 Å². The molecule has 1 aromatic carbocycles. The Labute approximate surface area is 102 Å². The van der Waals surface area contributed by atoms with Crippen LogP contribution in [0.25, 0.3) is 0 Å². The molecule has 18 heavy (non-hydrogen) atoms. The molecule has 0 aliphatic carbocycles. The summed E-state index contributed by atoms with van der Waals surface area (Å²) >= 11 is 0. The molecule has 2 rings (SSSR count). The standard InChI is InChI=1S/C12H12F2O4/c1-6-4-17-12(18-5-6)7-2-8(13)10(11(15)16)9(14)3-7/h2-3,6,12H,4-5H2,1H3,(H,15,16). The third kappa shape index (κ3) is 2.49. The Hall–Kier alpha value is -1.53. The Balaban J connectivity index is 2.28. The number of hydrogen-bond acceptors (Lipinski definition) is 3. The zero-order valence-electron chi connectivity index (χ0n) is 9.65.